The second kappa shape index (κ2) is 5.86. The highest BCUT2D eigenvalue weighted by atomic mass is 16.1. The molecule has 1 heteroatoms. The number of fused-ring (bicyclic) bond motifs is 3. The molecule has 0 atom stereocenters. The van der Waals surface area contributed by atoms with E-state index in [1.807, 2.05) is 50.2 Å². The van der Waals surface area contributed by atoms with Gasteiger partial charge in [-0.25, -0.2) is 0 Å². The maximum Gasteiger partial charge on any atom is 0.194 e. The fourth-order valence-electron chi connectivity index (χ4n) is 3.91. The van der Waals surface area contributed by atoms with Crippen molar-refractivity contribution < 1.29 is 4.79 Å². The van der Waals surface area contributed by atoms with E-state index < -0.39 is 0 Å². The minimum atomic E-state index is 0.108. The monoisotopic (exact) mass is 324 g/mol. The summed E-state index contributed by atoms with van der Waals surface area (Å²) in [4.78, 5) is 13.5. The van der Waals surface area contributed by atoms with Crippen LogP contribution in [0.5, 0.6) is 0 Å². The van der Waals surface area contributed by atoms with Gasteiger partial charge in [-0.1, -0.05) is 66.2 Å². The maximum atomic E-state index is 13.5. The van der Waals surface area contributed by atoms with Crippen molar-refractivity contribution >= 4 is 27.3 Å². The number of aryl methyl sites for hydroxylation is 3. The third kappa shape index (κ3) is 2.53. The SMILES string of the molecule is Cc1cc(C)c(C(=O)c2cc3ccccc3c3ccccc23)c(C)c1. The predicted octanol–water partition coefficient (Wildman–Crippen LogP) is 6.15. The maximum absolute atomic E-state index is 13.5. The van der Waals surface area contributed by atoms with Crippen molar-refractivity contribution in [2.45, 2.75) is 20.8 Å². The first-order chi connectivity index (χ1) is 12.1. The smallest absolute Gasteiger partial charge is 0.194 e. The molecule has 1 nitrogen and oxygen atoms in total. The Morgan fingerprint density at radius 2 is 1.24 bits per heavy atom. The highest BCUT2D eigenvalue weighted by Crippen LogP contribution is 2.31. The molecule has 25 heavy (non-hydrogen) atoms. The lowest BCUT2D eigenvalue weighted by Gasteiger charge is -2.14. The Kier molecular flexibility index (Phi) is 3.65. The predicted molar refractivity (Wildman–Crippen MR) is 106 cm³/mol. The molecule has 0 unspecified atom stereocenters. The number of rotatable bonds is 2. The van der Waals surface area contributed by atoms with Gasteiger partial charge in [0.05, 0.1) is 0 Å². The van der Waals surface area contributed by atoms with E-state index in [1.165, 1.54) is 10.9 Å². The number of carbonyl (C=O) groups excluding carboxylic acids is 1. The summed E-state index contributed by atoms with van der Waals surface area (Å²) in [6.45, 7) is 6.12. The second-order valence-electron chi connectivity index (χ2n) is 6.79. The molecule has 4 aromatic carbocycles. The summed E-state index contributed by atoms with van der Waals surface area (Å²) in [6.07, 6.45) is 0. The van der Waals surface area contributed by atoms with Crippen molar-refractivity contribution in [1.82, 2.24) is 0 Å². The Labute approximate surface area is 147 Å². The van der Waals surface area contributed by atoms with E-state index >= 15 is 0 Å². The molecule has 4 rings (SSSR count). The van der Waals surface area contributed by atoms with Crippen molar-refractivity contribution in [3.63, 3.8) is 0 Å². The Morgan fingerprint density at radius 1 is 0.680 bits per heavy atom. The summed E-state index contributed by atoms with van der Waals surface area (Å²) in [5.41, 5.74) is 4.88. The number of ketones is 1. The van der Waals surface area contributed by atoms with Crippen LogP contribution in [0.2, 0.25) is 0 Å². The Morgan fingerprint density at radius 3 is 1.92 bits per heavy atom. The van der Waals surface area contributed by atoms with Gasteiger partial charge in [0.15, 0.2) is 5.78 Å². The largest absolute Gasteiger partial charge is 0.289 e. The first-order valence-corrected chi connectivity index (χ1v) is 8.59. The first kappa shape index (κ1) is 15.6. The summed E-state index contributed by atoms with van der Waals surface area (Å²) >= 11 is 0. The Hall–Kier alpha value is -2.93. The lowest BCUT2D eigenvalue weighted by Crippen LogP contribution is -2.07. The van der Waals surface area contributed by atoms with E-state index in [-0.39, 0.29) is 5.78 Å². The van der Waals surface area contributed by atoms with Crippen LogP contribution in [0, 0.1) is 20.8 Å². The molecule has 0 radical (unpaired) electrons. The van der Waals surface area contributed by atoms with Gasteiger partial charge < -0.3 is 0 Å². The van der Waals surface area contributed by atoms with Gasteiger partial charge in [-0.15, -0.1) is 0 Å². The molecule has 0 aliphatic heterocycles. The van der Waals surface area contributed by atoms with Crippen LogP contribution in [0.1, 0.15) is 32.6 Å². The zero-order chi connectivity index (χ0) is 17.6. The highest BCUT2D eigenvalue weighted by molar-refractivity contribution is 6.22. The van der Waals surface area contributed by atoms with Crippen LogP contribution in [0.3, 0.4) is 0 Å². The molecule has 0 aliphatic carbocycles. The van der Waals surface area contributed by atoms with E-state index in [0.29, 0.717) is 0 Å². The van der Waals surface area contributed by atoms with Crippen molar-refractivity contribution in [1.29, 1.82) is 0 Å². The topological polar surface area (TPSA) is 17.1 Å². The van der Waals surface area contributed by atoms with E-state index in [9.17, 15) is 4.79 Å². The fraction of sp³-hybridized carbons (Fsp3) is 0.125. The standard InChI is InChI=1S/C24H20O/c1-15-12-16(2)23(17(3)13-15)24(25)22-14-18-8-4-5-9-19(18)20-10-6-7-11-21(20)22/h4-14H,1-3H3. The fourth-order valence-corrected chi connectivity index (χ4v) is 3.91. The summed E-state index contributed by atoms with van der Waals surface area (Å²) in [5, 5.41) is 4.44. The Bertz CT molecular complexity index is 1110. The van der Waals surface area contributed by atoms with Gasteiger partial charge in [-0.2, -0.15) is 0 Å². The molecular weight excluding hydrogens is 304 g/mol. The molecule has 0 saturated heterocycles. The van der Waals surface area contributed by atoms with E-state index in [0.717, 1.165) is 38.4 Å². The quantitative estimate of drug-likeness (QED) is 0.319. The van der Waals surface area contributed by atoms with Crippen LogP contribution in [-0.2, 0) is 0 Å². The minimum absolute atomic E-state index is 0.108. The molecule has 122 valence electrons. The molecule has 0 fully saturated rings. The molecule has 0 aromatic heterocycles. The second-order valence-corrected chi connectivity index (χ2v) is 6.79. The lowest BCUT2D eigenvalue weighted by atomic mass is 9.89. The number of benzene rings is 4. The third-order valence-electron chi connectivity index (χ3n) is 4.92. The van der Waals surface area contributed by atoms with Gasteiger partial charge >= 0.3 is 0 Å². The van der Waals surface area contributed by atoms with Crippen LogP contribution in [-0.4, -0.2) is 5.78 Å². The van der Waals surface area contributed by atoms with Gasteiger partial charge in [-0.05, 0) is 59.5 Å². The van der Waals surface area contributed by atoms with Crippen LogP contribution in [0.4, 0.5) is 0 Å². The molecule has 0 bridgehead atoms. The van der Waals surface area contributed by atoms with E-state index in [2.05, 4.69) is 37.3 Å². The van der Waals surface area contributed by atoms with Gasteiger partial charge in [-0.3, -0.25) is 4.79 Å². The van der Waals surface area contributed by atoms with Crippen LogP contribution in [0.25, 0.3) is 21.5 Å². The lowest BCUT2D eigenvalue weighted by molar-refractivity contribution is 0.103. The summed E-state index contributed by atoms with van der Waals surface area (Å²) < 4.78 is 0. The van der Waals surface area contributed by atoms with Gasteiger partial charge in [0.2, 0.25) is 0 Å². The third-order valence-corrected chi connectivity index (χ3v) is 4.92. The first-order valence-electron chi connectivity index (χ1n) is 8.59. The molecule has 0 N–H and O–H groups in total. The average molecular weight is 324 g/mol. The van der Waals surface area contributed by atoms with Gasteiger partial charge in [0.25, 0.3) is 0 Å². The van der Waals surface area contributed by atoms with Gasteiger partial charge in [0.1, 0.15) is 0 Å². The average Bonchev–Trinajstić information content (AvgIpc) is 2.60. The minimum Gasteiger partial charge on any atom is -0.289 e. The van der Waals surface area contributed by atoms with E-state index in [4.69, 9.17) is 0 Å². The Balaban J connectivity index is 2.05. The zero-order valence-corrected chi connectivity index (χ0v) is 14.8. The number of hydrogen-bond acceptors (Lipinski definition) is 1. The molecule has 0 amide bonds. The zero-order valence-electron chi connectivity index (χ0n) is 14.8. The molecule has 0 spiro atoms. The molecule has 4 aromatic rings. The van der Waals surface area contributed by atoms with Gasteiger partial charge in [0, 0.05) is 11.1 Å². The van der Waals surface area contributed by atoms with Crippen LogP contribution >= 0.6 is 0 Å². The summed E-state index contributed by atoms with van der Waals surface area (Å²) in [6, 6.07) is 22.7. The van der Waals surface area contributed by atoms with Crippen LogP contribution in [0.15, 0.2) is 66.7 Å². The molecule has 0 heterocycles. The van der Waals surface area contributed by atoms with Crippen molar-refractivity contribution in [3.05, 3.63) is 94.5 Å². The summed E-state index contributed by atoms with van der Waals surface area (Å²) in [7, 11) is 0. The van der Waals surface area contributed by atoms with Crippen molar-refractivity contribution in [3.8, 4) is 0 Å². The highest BCUT2D eigenvalue weighted by Gasteiger charge is 2.18. The number of carbonyl (C=O) groups is 1. The molecule has 0 saturated carbocycles. The van der Waals surface area contributed by atoms with Crippen molar-refractivity contribution in [2.24, 2.45) is 0 Å². The summed E-state index contributed by atoms with van der Waals surface area (Å²) in [5.74, 6) is 0.108. The normalized spacial score (nSPS) is 11.2. The molecular formula is C24H20O. The van der Waals surface area contributed by atoms with Crippen LogP contribution < -0.4 is 0 Å². The molecule has 0 aliphatic rings. The van der Waals surface area contributed by atoms with E-state index in [1.54, 1.807) is 0 Å². The van der Waals surface area contributed by atoms with Crippen molar-refractivity contribution in [2.75, 3.05) is 0 Å². The number of hydrogen-bond donors (Lipinski definition) is 0.